The third-order valence-corrected chi connectivity index (χ3v) is 5.71. The summed E-state index contributed by atoms with van der Waals surface area (Å²) in [6.45, 7) is 0. The quantitative estimate of drug-likeness (QED) is 0.540. The first-order chi connectivity index (χ1) is 6.11. The molecule has 5 heteroatoms. The normalized spacial score (nSPS) is 44.5. The fourth-order valence-electron chi connectivity index (χ4n) is 2.04. The van der Waals surface area contributed by atoms with Crippen molar-refractivity contribution in [2.24, 2.45) is 11.8 Å². The van der Waals surface area contributed by atoms with Gasteiger partial charge in [-0.05, 0) is 12.8 Å². The van der Waals surface area contributed by atoms with E-state index in [1.165, 1.54) is 0 Å². The van der Waals surface area contributed by atoms with E-state index in [2.05, 4.69) is 37.2 Å². The van der Waals surface area contributed by atoms with Crippen molar-refractivity contribution in [2.45, 2.75) is 22.5 Å². The summed E-state index contributed by atoms with van der Waals surface area (Å²) in [5, 5.41) is 2.38. The monoisotopic (exact) mass is 309 g/mol. The number of amides is 2. The molecule has 72 valence electrons. The summed E-state index contributed by atoms with van der Waals surface area (Å²) < 4.78 is 0. The number of fused-ring (bicyclic) bond motifs is 1. The van der Waals surface area contributed by atoms with E-state index in [0.29, 0.717) is 4.83 Å². The lowest BCUT2D eigenvalue weighted by molar-refractivity contribution is -0.126. The highest BCUT2D eigenvalue weighted by Crippen LogP contribution is 2.41. The zero-order valence-electron chi connectivity index (χ0n) is 6.80. The van der Waals surface area contributed by atoms with Crippen LogP contribution in [-0.2, 0) is 9.59 Å². The van der Waals surface area contributed by atoms with Crippen LogP contribution in [0.25, 0.3) is 0 Å². The van der Waals surface area contributed by atoms with Crippen LogP contribution in [-0.4, -0.2) is 21.5 Å². The Labute approximate surface area is 92.9 Å². The van der Waals surface area contributed by atoms with Crippen LogP contribution in [0.5, 0.6) is 0 Å². The lowest BCUT2D eigenvalue weighted by Gasteiger charge is -2.30. The molecule has 4 atom stereocenters. The highest BCUT2D eigenvalue weighted by molar-refractivity contribution is 9.12. The molecule has 1 aliphatic carbocycles. The fourth-order valence-corrected chi connectivity index (χ4v) is 3.51. The number of alkyl halides is 2. The molecule has 0 bridgehead atoms. The lowest BCUT2D eigenvalue weighted by atomic mass is 9.81. The highest BCUT2D eigenvalue weighted by atomic mass is 79.9. The van der Waals surface area contributed by atoms with Crippen molar-refractivity contribution >= 4 is 43.7 Å². The van der Waals surface area contributed by atoms with Crippen molar-refractivity contribution in [3.63, 3.8) is 0 Å². The zero-order chi connectivity index (χ0) is 9.59. The van der Waals surface area contributed by atoms with E-state index in [4.69, 9.17) is 0 Å². The van der Waals surface area contributed by atoms with Gasteiger partial charge in [0.2, 0.25) is 11.8 Å². The standard InChI is InChI=1S/C8H9Br2NO2/c9-4-2-1-3-5(6(4)10)8(13)11-7(3)12/h3-6H,1-2H2,(H,11,12,13). The molecule has 3 nitrogen and oxygen atoms in total. The molecule has 2 aliphatic rings. The van der Waals surface area contributed by atoms with E-state index < -0.39 is 0 Å². The molecule has 1 saturated carbocycles. The summed E-state index contributed by atoms with van der Waals surface area (Å²) in [6.07, 6.45) is 1.75. The minimum absolute atomic E-state index is 0.0812. The number of hydrogen-bond donors (Lipinski definition) is 1. The molecule has 2 fully saturated rings. The molecule has 1 saturated heterocycles. The second-order valence-electron chi connectivity index (χ2n) is 3.52. The van der Waals surface area contributed by atoms with E-state index in [9.17, 15) is 9.59 Å². The Bertz CT molecular complexity index is 269. The molecule has 0 aromatic heterocycles. The van der Waals surface area contributed by atoms with Gasteiger partial charge in [0.15, 0.2) is 0 Å². The van der Waals surface area contributed by atoms with Gasteiger partial charge in [0.25, 0.3) is 0 Å². The van der Waals surface area contributed by atoms with Crippen molar-refractivity contribution in [1.82, 2.24) is 5.32 Å². The van der Waals surface area contributed by atoms with Gasteiger partial charge in [-0.15, -0.1) is 0 Å². The van der Waals surface area contributed by atoms with Crippen LogP contribution in [0.15, 0.2) is 0 Å². The second-order valence-corrected chi connectivity index (χ2v) is 5.76. The van der Waals surface area contributed by atoms with Crippen LogP contribution in [0, 0.1) is 11.8 Å². The fraction of sp³-hybridized carbons (Fsp3) is 0.750. The van der Waals surface area contributed by atoms with Crippen molar-refractivity contribution in [1.29, 1.82) is 0 Å². The topological polar surface area (TPSA) is 46.2 Å². The van der Waals surface area contributed by atoms with Crippen LogP contribution in [0.3, 0.4) is 0 Å². The van der Waals surface area contributed by atoms with Gasteiger partial charge in [-0.1, -0.05) is 31.9 Å². The first kappa shape index (κ1) is 9.65. The predicted octanol–water partition coefficient (Wildman–Crippen LogP) is 1.20. The van der Waals surface area contributed by atoms with E-state index in [1.54, 1.807) is 0 Å². The summed E-state index contributed by atoms with van der Waals surface area (Å²) in [5.74, 6) is -0.504. The van der Waals surface area contributed by atoms with Gasteiger partial charge in [-0.25, -0.2) is 0 Å². The molecular formula is C8H9Br2NO2. The van der Waals surface area contributed by atoms with Gasteiger partial charge in [0.05, 0.1) is 11.8 Å². The summed E-state index contributed by atoms with van der Waals surface area (Å²) in [6, 6.07) is 0. The van der Waals surface area contributed by atoms with Gasteiger partial charge >= 0.3 is 0 Å². The molecule has 1 aliphatic heterocycles. The minimum Gasteiger partial charge on any atom is -0.296 e. The van der Waals surface area contributed by atoms with Crippen molar-refractivity contribution in [2.75, 3.05) is 0 Å². The van der Waals surface area contributed by atoms with Gasteiger partial charge in [0.1, 0.15) is 0 Å². The summed E-state index contributed by atoms with van der Waals surface area (Å²) in [5.41, 5.74) is 0. The number of carbonyl (C=O) groups is 2. The maximum Gasteiger partial charge on any atom is 0.231 e. The molecule has 1 N–H and O–H groups in total. The van der Waals surface area contributed by atoms with Crippen LogP contribution < -0.4 is 5.32 Å². The first-order valence-corrected chi connectivity index (χ1v) is 6.07. The van der Waals surface area contributed by atoms with Gasteiger partial charge in [0, 0.05) is 9.65 Å². The highest BCUT2D eigenvalue weighted by Gasteiger charge is 2.49. The average molecular weight is 311 g/mol. The molecule has 0 radical (unpaired) electrons. The molecular weight excluding hydrogens is 302 g/mol. The Kier molecular flexibility index (Phi) is 2.49. The summed E-state index contributed by atoms with van der Waals surface area (Å²) in [7, 11) is 0. The second kappa shape index (κ2) is 3.35. The number of nitrogens with one attached hydrogen (secondary N) is 1. The Morgan fingerprint density at radius 3 is 2.54 bits per heavy atom. The minimum atomic E-state index is -0.175. The number of hydrogen-bond acceptors (Lipinski definition) is 2. The van der Waals surface area contributed by atoms with Crippen molar-refractivity contribution in [3.8, 4) is 0 Å². The van der Waals surface area contributed by atoms with Crippen LogP contribution in [0.2, 0.25) is 0 Å². The molecule has 0 aromatic rings. The Hall–Kier alpha value is 0.1000. The van der Waals surface area contributed by atoms with E-state index >= 15 is 0 Å². The maximum absolute atomic E-state index is 11.4. The van der Waals surface area contributed by atoms with Crippen molar-refractivity contribution in [3.05, 3.63) is 0 Å². The molecule has 4 unspecified atom stereocenters. The van der Waals surface area contributed by atoms with Gasteiger partial charge < -0.3 is 0 Å². The van der Waals surface area contributed by atoms with Crippen LogP contribution in [0.1, 0.15) is 12.8 Å². The van der Waals surface area contributed by atoms with E-state index in [-0.39, 0.29) is 28.5 Å². The van der Waals surface area contributed by atoms with Crippen molar-refractivity contribution < 1.29 is 9.59 Å². The molecule has 2 rings (SSSR count). The molecule has 1 heterocycles. The molecule has 0 aromatic carbocycles. The number of carbonyl (C=O) groups excluding carboxylic acids is 2. The maximum atomic E-state index is 11.4. The first-order valence-electron chi connectivity index (χ1n) is 4.24. The molecule has 2 amide bonds. The molecule has 0 spiro atoms. The number of imide groups is 1. The third-order valence-electron chi connectivity index (χ3n) is 2.76. The third kappa shape index (κ3) is 1.46. The predicted molar refractivity (Wildman–Crippen MR) is 54.8 cm³/mol. The van der Waals surface area contributed by atoms with Gasteiger partial charge in [-0.3, -0.25) is 14.9 Å². The molecule has 13 heavy (non-hydrogen) atoms. The van der Waals surface area contributed by atoms with E-state index in [0.717, 1.165) is 12.8 Å². The zero-order valence-corrected chi connectivity index (χ0v) is 9.97. The SMILES string of the molecule is O=C1NC(=O)C2C1CCC(Br)C2Br. The summed E-state index contributed by atoms with van der Waals surface area (Å²) in [4.78, 5) is 23.1. The smallest absolute Gasteiger partial charge is 0.231 e. The van der Waals surface area contributed by atoms with Crippen LogP contribution in [0.4, 0.5) is 0 Å². The Balaban J connectivity index is 2.25. The van der Waals surface area contributed by atoms with E-state index in [1.807, 2.05) is 0 Å². The largest absolute Gasteiger partial charge is 0.296 e. The lowest BCUT2D eigenvalue weighted by Crippen LogP contribution is -2.37. The number of rotatable bonds is 0. The number of halogens is 2. The Morgan fingerprint density at radius 1 is 1.15 bits per heavy atom. The Morgan fingerprint density at radius 2 is 1.85 bits per heavy atom. The van der Waals surface area contributed by atoms with Gasteiger partial charge in [-0.2, -0.15) is 0 Å². The average Bonchev–Trinajstić information content (AvgIpc) is 2.35. The summed E-state index contributed by atoms with van der Waals surface area (Å²) >= 11 is 6.97. The van der Waals surface area contributed by atoms with Crippen LogP contribution >= 0.6 is 31.9 Å².